The molecule has 66 heavy (non-hydrogen) atoms. The van der Waals surface area contributed by atoms with Crippen LogP contribution < -0.4 is 0 Å². The zero-order valence-electron chi connectivity index (χ0n) is 37.0. The van der Waals surface area contributed by atoms with Crippen molar-refractivity contribution >= 4 is 43.6 Å². The Hall–Kier alpha value is -8.51. The van der Waals surface area contributed by atoms with E-state index in [4.69, 9.17) is 0 Å². The van der Waals surface area contributed by atoms with E-state index in [9.17, 15) is 10.5 Å². The van der Waals surface area contributed by atoms with E-state index in [0.717, 1.165) is 77.2 Å². The van der Waals surface area contributed by atoms with Gasteiger partial charge in [0, 0.05) is 61.5 Å². The number of rotatable bonds is 4. The van der Waals surface area contributed by atoms with E-state index in [1.165, 1.54) is 44.5 Å². The molecule has 310 valence electrons. The zero-order chi connectivity index (χ0) is 44.6. The average Bonchev–Trinajstić information content (AvgIpc) is 4.00. The number of benzene rings is 8. The van der Waals surface area contributed by atoms with E-state index in [0.29, 0.717) is 11.1 Å². The number of nitriles is 2. The molecule has 5 heteroatoms. The van der Waals surface area contributed by atoms with Crippen LogP contribution in [0.15, 0.2) is 176 Å². The monoisotopic (exact) mass is 843 g/mol. The minimum Gasteiger partial charge on any atom is -0.309 e. The van der Waals surface area contributed by atoms with Crippen LogP contribution in [-0.4, -0.2) is 14.1 Å². The van der Waals surface area contributed by atoms with Crippen molar-refractivity contribution in [1.29, 1.82) is 10.5 Å². The van der Waals surface area contributed by atoms with Crippen LogP contribution in [0.1, 0.15) is 61.1 Å². The highest BCUT2D eigenvalue weighted by Gasteiger charge is 2.38. The van der Waals surface area contributed by atoms with Crippen LogP contribution in [-0.2, 0) is 10.8 Å². The summed E-state index contributed by atoms with van der Waals surface area (Å²) in [5.41, 5.74) is 20.5. The molecule has 0 atom stereocenters. The van der Waals surface area contributed by atoms with Gasteiger partial charge >= 0.3 is 0 Å². The van der Waals surface area contributed by atoms with E-state index in [1.807, 2.05) is 48.8 Å². The first kappa shape index (κ1) is 38.0. The third kappa shape index (κ3) is 5.06. The molecule has 8 aromatic carbocycles. The van der Waals surface area contributed by atoms with Gasteiger partial charge in [0.05, 0.1) is 56.7 Å². The van der Waals surface area contributed by atoms with E-state index in [2.05, 4.69) is 181 Å². The molecule has 0 spiro atoms. The molecule has 3 heterocycles. The fraction of sp³-hybridized carbons (Fsp3) is 0.0984. The van der Waals surface area contributed by atoms with E-state index in [-0.39, 0.29) is 10.8 Å². The summed E-state index contributed by atoms with van der Waals surface area (Å²) in [5, 5.41) is 26.2. The van der Waals surface area contributed by atoms with Crippen LogP contribution in [0, 0.1) is 22.7 Å². The maximum Gasteiger partial charge on any atom is 0.0992 e. The van der Waals surface area contributed by atoms with Crippen LogP contribution in [0.4, 0.5) is 0 Å². The summed E-state index contributed by atoms with van der Waals surface area (Å²) in [6.45, 7) is 9.30. The number of pyridine rings is 1. The molecular formula is C61H41N5. The Balaban J connectivity index is 1.18. The Morgan fingerprint density at radius 1 is 0.394 bits per heavy atom. The maximum atomic E-state index is 10.9. The van der Waals surface area contributed by atoms with Crippen molar-refractivity contribution in [3.05, 3.63) is 210 Å². The summed E-state index contributed by atoms with van der Waals surface area (Å²) >= 11 is 0. The highest BCUT2D eigenvalue weighted by Crippen LogP contribution is 2.54. The van der Waals surface area contributed by atoms with Gasteiger partial charge in [-0.1, -0.05) is 113 Å². The Morgan fingerprint density at radius 2 is 0.894 bits per heavy atom. The summed E-state index contributed by atoms with van der Waals surface area (Å²) in [6.07, 6.45) is 3.63. The lowest BCUT2D eigenvalue weighted by atomic mass is 9.82. The first-order valence-electron chi connectivity index (χ1n) is 22.6. The highest BCUT2D eigenvalue weighted by molar-refractivity contribution is 6.14. The predicted octanol–water partition coefficient (Wildman–Crippen LogP) is 15.0. The van der Waals surface area contributed by atoms with Gasteiger partial charge in [-0.05, 0) is 129 Å². The van der Waals surface area contributed by atoms with Gasteiger partial charge in [-0.25, -0.2) is 0 Å². The van der Waals surface area contributed by atoms with Gasteiger partial charge in [0.25, 0.3) is 0 Å². The molecule has 0 fully saturated rings. The maximum absolute atomic E-state index is 10.9. The number of para-hydroxylation sites is 2. The summed E-state index contributed by atoms with van der Waals surface area (Å²) < 4.78 is 4.80. The third-order valence-electron chi connectivity index (χ3n) is 14.9. The summed E-state index contributed by atoms with van der Waals surface area (Å²) in [6, 6.07) is 63.6. The fourth-order valence-corrected chi connectivity index (χ4v) is 11.7. The summed E-state index contributed by atoms with van der Waals surface area (Å²) in [5.74, 6) is 0. The largest absolute Gasteiger partial charge is 0.309 e. The Morgan fingerprint density at radius 3 is 1.48 bits per heavy atom. The first-order chi connectivity index (χ1) is 32.2. The van der Waals surface area contributed by atoms with Gasteiger partial charge in [-0.15, -0.1) is 0 Å². The lowest BCUT2D eigenvalue weighted by Crippen LogP contribution is -2.15. The van der Waals surface area contributed by atoms with Gasteiger partial charge in [-0.2, -0.15) is 10.5 Å². The molecule has 0 aliphatic heterocycles. The molecule has 0 saturated heterocycles. The molecule has 3 aromatic heterocycles. The van der Waals surface area contributed by atoms with Crippen molar-refractivity contribution in [3.63, 3.8) is 0 Å². The van der Waals surface area contributed by atoms with Crippen molar-refractivity contribution in [2.75, 3.05) is 0 Å². The molecule has 0 amide bonds. The zero-order valence-corrected chi connectivity index (χ0v) is 37.0. The van der Waals surface area contributed by atoms with Crippen molar-refractivity contribution in [2.45, 2.75) is 38.5 Å². The molecule has 0 radical (unpaired) electrons. The van der Waals surface area contributed by atoms with Crippen molar-refractivity contribution in [3.8, 4) is 68.0 Å². The Bertz CT molecular complexity index is 4010. The van der Waals surface area contributed by atoms with Crippen molar-refractivity contribution in [2.24, 2.45) is 0 Å². The van der Waals surface area contributed by atoms with Crippen LogP contribution in [0.25, 0.3) is 99.5 Å². The number of nitrogens with zero attached hydrogens (tertiary/aromatic N) is 5. The van der Waals surface area contributed by atoms with Crippen molar-refractivity contribution < 1.29 is 0 Å². The Kier molecular flexibility index (Phi) is 7.77. The molecule has 5 nitrogen and oxygen atoms in total. The van der Waals surface area contributed by atoms with E-state index < -0.39 is 0 Å². The minimum absolute atomic E-state index is 0.213. The van der Waals surface area contributed by atoms with Crippen LogP contribution in [0.5, 0.6) is 0 Å². The Labute approximate surface area is 382 Å². The van der Waals surface area contributed by atoms with Gasteiger partial charge in [0.2, 0.25) is 0 Å². The standard InChI is InChI=1S/C61H41N5/c1-60(2)50-17-9-5-13-39(50)44-30-47-41-15-7-11-19-54(41)65(57(47)32-52(44)60)56-22-21-36(34-62)27-46(56)49-29-37(35-63)28-43(38-23-25-64-26-24-38)59(49)66-55-20-12-8-16-42(55)48-31-45-40-14-6-10-18-51(40)61(3,4)53(45)33-58(48)66/h5-33H,1-4H3. The number of hydrogen-bond donors (Lipinski definition) is 0. The van der Waals surface area contributed by atoms with Gasteiger partial charge in [-0.3, -0.25) is 4.98 Å². The number of aromatic nitrogens is 3. The van der Waals surface area contributed by atoms with Crippen molar-refractivity contribution in [1.82, 2.24) is 14.1 Å². The minimum atomic E-state index is -0.232. The SMILES string of the molecule is CC1(C)c2ccccc2-c2cc3c4ccccc4n(-c4ccc(C#N)cc4-c4cc(C#N)cc(-c5ccncc5)c4-n4c5ccccc5c5cc6c(cc54)C(C)(C)c4ccccc4-6)c3cc21. The second kappa shape index (κ2) is 13.5. The lowest BCUT2D eigenvalue weighted by Gasteiger charge is -2.24. The molecule has 0 unspecified atom stereocenters. The molecule has 0 bridgehead atoms. The van der Waals surface area contributed by atoms with Gasteiger partial charge < -0.3 is 9.13 Å². The second-order valence-electron chi connectivity index (χ2n) is 19.0. The van der Waals surface area contributed by atoms with Crippen LogP contribution >= 0.6 is 0 Å². The summed E-state index contributed by atoms with van der Waals surface area (Å²) in [7, 11) is 0. The third-order valence-corrected chi connectivity index (χ3v) is 14.9. The highest BCUT2D eigenvalue weighted by atomic mass is 15.0. The second-order valence-corrected chi connectivity index (χ2v) is 19.0. The topological polar surface area (TPSA) is 70.3 Å². The normalized spacial score (nSPS) is 14.0. The average molecular weight is 844 g/mol. The van der Waals surface area contributed by atoms with Crippen LogP contribution in [0.2, 0.25) is 0 Å². The molecular weight excluding hydrogens is 803 g/mol. The molecule has 0 N–H and O–H groups in total. The fourth-order valence-electron chi connectivity index (χ4n) is 11.7. The van der Waals surface area contributed by atoms with E-state index in [1.54, 1.807) is 0 Å². The number of hydrogen-bond acceptors (Lipinski definition) is 3. The van der Waals surface area contributed by atoms with Gasteiger partial charge in [0.1, 0.15) is 0 Å². The van der Waals surface area contributed by atoms with Crippen LogP contribution in [0.3, 0.4) is 0 Å². The predicted molar refractivity (Wildman–Crippen MR) is 268 cm³/mol. The smallest absolute Gasteiger partial charge is 0.0992 e. The van der Waals surface area contributed by atoms with Gasteiger partial charge in [0.15, 0.2) is 0 Å². The molecule has 13 rings (SSSR count). The quantitative estimate of drug-likeness (QED) is 0.177. The molecule has 0 saturated carbocycles. The van der Waals surface area contributed by atoms with E-state index >= 15 is 0 Å². The summed E-state index contributed by atoms with van der Waals surface area (Å²) in [4.78, 5) is 4.43. The molecule has 2 aliphatic carbocycles. The number of fused-ring (bicyclic) bond motifs is 12. The first-order valence-corrected chi connectivity index (χ1v) is 22.6. The molecule has 11 aromatic rings. The molecule has 2 aliphatic rings. The lowest BCUT2D eigenvalue weighted by molar-refractivity contribution is 0.661.